The SMILES string of the molecule is Nc1ccncc1CS(=O)(=O)N1CCN(c2cnn(-c3cc(F)cc(F)c3)c(=O)c2OC2CCCC2)CC1. The van der Waals surface area contributed by atoms with E-state index in [0.717, 1.165) is 48.6 Å². The zero-order valence-corrected chi connectivity index (χ0v) is 21.4. The van der Waals surface area contributed by atoms with Crippen molar-refractivity contribution in [2.75, 3.05) is 36.8 Å². The van der Waals surface area contributed by atoms with Crippen LogP contribution in [0.4, 0.5) is 20.2 Å². The predicted octanol–water partition coefficient (Wildman–Crippen LogP) is 2.46. The van der Waals surface area contributed by atoms with Crippen LogP contribution >= 0.6 is 0 Å². The molecule has 0 unspecified atom stereocenters. The standard InChI is InChI=1S/C25H28F2N6O4S/c26-18-11-19(27)13-20(12-18)33-25(34)24(37-21-3-1-2-4-21)23(15-30-33)31-7-9-32(10-8-31)38(35,36)16-17-14-29-6-5-22(17)28/h5-6,11-15,21H,1-4,7-10,16H2,(H2,28,29). The number of nitrogen functional groups attached to an aromatic ring is 1. The molecule has 38 heavy (non-hydrogen) atoms. The first-order chi connectivity index (χ1) is 18.2. The number of halogens is 2. The summed E-state index contributed by atoms with van der Waals surface area (Å²) in [6.45, 7) is 0.956. The molecule has 0 spiro atoms. The molecule has 10 nitrogen and oxygen atoms in total. The van der Waals surface area contributed by atoms with Gasteiger partial charge in [-0.25, -0.2) is 17.2 Å². The Morgan fingerprint density at radius 1 is 1.03 bits per heavy atom. The summed E-state index contributed by atoms with van der Waals surface area (Å²) in [6, 6.07) is 4.32. The number of nitrogens with two attached hydrogens (primary N) is 1. The van der Waals surface area contributed by atoms with Crippen LogP contribution in [0.15, 0.2) is 47.7 Å². The molecule has 1 aromatic carbocycles. The Morgan fingerprint density at radius 3 is 2.37 bits per heavy atom. The Labute approximate surface area is 218 Å². The van der Waals surface area contributed by atoms with Crippen molar-refractivity contribution in [3.63, 3.8) is 0 Å². The van der Waals surface area contributed by atoms with Crippen molar-refractivity contribution in [3.8, 4) is 11.4 Å². The summed E-state index contributed by atoms with van der Waals surface area (Å²) in [5.74, 6) is -1.89. The third-order valence-corrected chi connectivity index (χ3v) is 8.67. The Kier molecular flexibility index (Phi) is 7.30. The van der Waals surface area contributed by atoms with Crippen molar-refractivity contribution >= 4 is 21.4 Å². The monoisotopic (exact) mass is 546 g/mol. The van der Waals surface area contributed by atoms with E-state index < -0.39 is 27.2 Å². The number of aromatic nitrogens is 3. The predicted molar refractivity (Wildman–Crippen MR) is 138 cm³/mol. The van der Waals surface area contributed by atoms with E-state index in [0.29, 0.717) is 30.0 Å². The highest BCUT2D eigenvalue weighted by atomic mass is 32.2. The first-order valence-corrected chi connectivity index (χ1v) is 14.0. The summed E-state index contributed by atoms with van der Waals surface area (Å²) in [5, 5.41) is 4.17. The number of hydrogen-bond acceptors (Lipinski definition) is 8. The highest BCUT2D eigenvalue weighted by molar-refractivity contribution is 7.88. The van der Waals surface area contributed by atoms with E-state index in [9.17, 15) is 22.0 Å². The molecule has 13 heteroatoms. The number of benzene rings is 1. The van der Waals surface area contributed by atoms with Crippen molar-refractivity contribution in [1.29, 1.82) is 0 Å². The topological polar surface area (TPSA) is 124 Å². The lowest BCUT2D eigenvalue weighted by atomic mass is 10.2. The Balaban J connectivity index is 1.40. The fourth-order valence-corrected chi connectivity index (χ4v) is 6.37. The number of anilines is 2. The molecule has 2 aliphatic rings. The summed E-state index contributed by atoms with van der Waals surface area (Å²) >= 11 is 0. The number of piperazine rings is 1. The van der Waals surface area contributed by atoms with Gasteiger partial charge in [-0.2, -0.15) is 14.1 Å². The molecule has 0 radical (unpaired) electrons. The maximum atomic E-state index is 13.8. The highest BCUT2D eigenvalue weighted by Crippen LogP contribution is 2.31. The van der Waals surface area contributed by atoms with Crippen LogP contribution in [0.2, 0.25) is 0 Å². The van der Waals surface area contributed by atoms with Gasteiger partial charge in [0.15, 0.2) is 0 Å². The Hall–Kier alpha value is -3.58. The summed E-state index contributed by atoms with van der Waals surface area (Å²) in [6.07, 6.45) is 7.75. The molecular weight excluding hydrogens is 518 g/mol. The van der Waals surface area contributed by atoms with Crippen LogP contribution < -0.4 is 20.9 Å². The summed E-state index contributed by atoms with van der Waals surface area (Å²) in [4.78, 5) is 19.3. The van der Waals surface area contributed by atoms with Gasteiger partial charge in [-0.1, -0.05) is 0 Å². The van der Waals surface area contributed by atoms with Crippen molar-refractivity contribution < 1.29 is 21.9 Å². The zero-order valence-electron chi connectivity index (χ0n) is 20.6. The van der Waals surface area contributed by atoms with E-state index in [4.69, 9.17) is 10.5 Å². The molecule has 202 valence electrons. The summed E-state index contributed by atoms with van der Waals surface area (Å²) < 4.78 is 62.2. The quantitative estimate of drug-likeness (QED) is 0.480. The van der Waals surface area contributed by atoms with E-state index in [1.807, 2.05) is 4.90 Å². The van der Waals surface area contributed by atoms with Crippen molar-refractivity contribution in [1.82, 2.24) is 19.1 Å². The van der Waals surface area contributed by atoms with Crippen LogP contribution in [-0.2, 0) is 15.8 Å². The van der Waals surface area contributed by atoms with E-state index in [1.54, 1.807) is 6.07 Å². The second kappa shape index (κ2) is 10.7. The van der Waals surface area contributed by atoms with Crippen LogP contribution in [-0.4, -0.2) is 59.8 Å². The fraction of sp³-hybridized carbons (Fsp3) is 0.400. The molecule has 0 atom stereocenters. The second-order valence-corrected chi connectivity index (χ2v) is 11.4. The molecule has 3 heterocycles. The van der Waals surface area contributed by atoms with E-state index in [1.165, 1.54) is 22.9 Å². The number of ether oxygens (including phenoxy) is 1. The van der Waals surface area contributed by atoms with Gasteiger partial charge in [-0.05, 0) is 43.9 Å². The summed E-state index contributed by atoms with van der Waals surface area (Å²) in [7, 11) is -3.65. The third kappa shape index (κ3) is 5.48. The van der Waals surface area contributed by atoms with E-state index in [2.05, 4.69) is 10.1 Å². The smallest absolute Gasteiger partial charge is 0.316 e. The van der Waals surface area contributed by atoms with Gasteiger partial charge >= 0.3 is 5.56 Å². The van der Waals surface area contributed by atoms with Crippen molar-refractivity contribution in [2.24, 2.45) is 0 Å². The zero-order chi connectivity index (χ0) is 26.9. The number of rotatable bonds is 7. The number of hydrogen-bond donors (Lipinski definition) is 1. The minimum atomic E-state index is -3.65. The number of pyridine rings is 1. The van der Waals surface area contributed by atoms with Crippen molar-refractivity contribution in [2.45, 2.75) is 37.5 Å². The fourth-order valence-electron chi connectivity index (χ4n) is 4.84. The molecule has 2 fully saturated rings. The molecule has 2 N–H and O–H groups in total. The molecule has 1 saturated carbocycles. The van der Waals surface area contributed by atoms with Gasteiger partial charge in [0.1, 0.15) is 17.3 Å². The maximum absolute atomic E-state index is 13.8. The van der Waals surface area contributed by atoms with Gasteiger partial charge in [0.2, 0.25) is 15.8 Å². The molecule has 2 aromatic heterocycles. The second-order valence-electron chi connectivity index (χ2n) is 9.44. The average molecular weight is 547 g/mol. The van der Waals surface area contributed by atoms with Gasteiger partial charge in [0.25, 0.3) is 0 Å². The van der Waals surface area contributed by atoms with Crippen LogP contribution in [0.25, 0.3) is 5.69 Å². The van der Waals surface area contributed by atoms with Gasteiger partial charge < -0.3 is 15.4 Å². The lowest BCUT2D eigenvalue weighted by Crippen LogP contribution is -2.49. The molecule has 0 bridgehead atoms. The lowest BCUT2D eigenvalue weighted by molar-refractivity contribution is 0.205. The summed E-state index contributed by atoms with van der Waals surface area (Å²) in [5.41, 5.74) is 6.42. The molecule has 5 rings (SSSR count). The van der Waals surface area contributed by atoms with E-state index >= 15 is 0 Å². The van der Waals surface area contributed by atoms with Crippen LogP contribution in [0.5, 0.6) is 5.75 Å². The van der Waals surface area contributed by atoms with E-state index in [-0.39, 0.29) is 36.4 Å². The maximum Gasteiger partial charge on any atom is 0.316 e. The average Bonchev–Trinajstić information content (AvgIpc) is 3.39. The first kappa shape index (κ1) is 26.0. The van der Waals surface area contributed by atoms with Gasteiger partial charge in [-0.15, -0.1) is 0 Å². The minimum Gasteiger partial charge on any atom is -0.483 e. The normalized spacial score (nSPS) is 17.2. The van der Waals surface area contributed by atoms with Crippen molar-refractivity contribution in [3.05, 3.63) is 70.4 Å². The van der Waals surface area contributed by atoms with Crippen LogP contribution in [0.3, 0.4) is 0 Å². The third-order valence-electron chi connectivity index (χ3n) is 6.85. The molecule has 1 aliphatic heterocycles. The molecule has 1 aliphatic carbocycles. The lowest BCUT2D eigenvalue weighted by Gasteiger charge is -2.36. The first-order valence-electron chi connectivity index (χ1n) is 12.4. The molecule has 1 saturated heterocycles. The van der Waals surface area contributed by atoms with Crippen LogP contribution in [0, 0.1) is 11.6 Å². The molecular formula is C25H28F2N6O4S. The Bertz CT molecular complexity index is 1470. The number of sulfonamides is 1. The largest absolute Gasteiger partial charge is 0.483 e. The Morgan fingerprint density at radius 2 is 1.71 bits per heavy atom. The molecule has 0 amide bonds. The van der Waals surface area contributed by atoms with Gasteiger partial charge in [0, 0.05) is 55.9 Å². The van der Waals surface area contributed by atoms with Gasteiger partial charge in [-0.3, -0.25) is 9.78 Å². The van der Waals surface area contributed by atoms with Gasteiger partial charge in [0.05, 0.1) is 23.7 Å². The highest BCUT2D eigenvalue weighted by Gasteiger charge is 2.31. The number of nitrogens with zero attached hydrogens (tertiary/aromatic N) is 5. The van der Waals surface area contributed by atoms with Crippen LogP contribution in [0.1, 0.15) is 31.2 Å². The minimum absolute atomic E-state index is 0.0380. The molecule has 3 aromatic rings.